The number of rotatable bonds is 5. The minimum atomic E-state index is -2.56. The maximum Gasteiger partial charge on any atom is 0.255 e. The van der Waals surface area contributed by atoms with Gasteiger partial charge in [-0.2, -0.15) is 0 Å². The molecule has 0 unspecified atom stereocenters. The van der Waals surface area contributed by atoms with Crippen LogP contribution in [0.1, 0.15) is 19.8 Å². The normalized spacial score (nSPS) is 24.8. The van der Waals surface area contributed by atoms with Crippen LogP contribution in [-0.2, 0) is 14.3 Å². The Balaban J connectivity index is 2.09. The second-order valence-corrected chi connectivity index (χ2v) is 5.86. The highest BCUT2D eigenvalue weighted by Crippen LogP contribution is 2.29. The minimum Gasteiger partial charge on any atom is -0.378 e. The fourth-order valence-corrected chi connectivity index (χ4v) is 3.15. The molecular formula is C16H24F2N2O3. The monoisotopic (exact) mass is 330 g/mol. The van der Waals surface area contributed by atoms with Crippen LogP contribution in [-0.4, -0.2) is 67.4 Å². The Morgan fingerprint density at radius 1 is 1.22 bits per heavy atom. The summed E-state index contributed by atoms with van der Waals surface area (Å²) in [5.74, 6) is -1.42. The van der Waals surface area contributed by atoms with Gasteiger partial charge in [-0.15, -0.1) is 0 Å². The molecule has 23 heavy (non-hydrogen) atoms. The molecule has 1 aliphatic carbocycles. The molecule has 130 valence electrons. The van der Waals surface area contributed by atoms with E-state index in [-0.39, 0.29) is 18.4 Å². The SMILES string of the molecule is CCN(CC(F)F)C(=O)[C@@H]1CC=CC[C@H]1C(=O)N1CCOCC1. The average molecular weight is 330 g/mol. The third-order valence-electron chi connectivity index (χ3n) is 4.44. The summed E-state index contributed by atoms with van der Waals surface area (Å²) in [5.41, 5.74) is 0. The number of ether oxygens (including phenoxy) is 1. The first-order valence-corrected chi connectivity index (χ1v) is 8.13. The van der Waals surface area contributed by atoms with Crippen LogP contribution in [0.15, 0.2) is 12.2 Å². The molecule has 2 rings (SSSR count). The van der Waals surface area contributed by atoms with Crippen molar-refractivity contribution in [1.29, 1.82) is 0 Å². The van der Waals surface area contributed by atoms with Gasteiger partial charge in [0.05, 0.1) is 31.6 Å². The van der Waals surface area contributed by atoms with Crippen LogP contribution in [0.25, 0.3) is 0 Å². The van der Waals surface area contributed by atoms with Crippen molar-refractivity contribution in [2.75, 3.05) is 39.4 Å². The van der Waals surface area contributed by atoms with E-state index in [4.69, 9.17) is 4.74 Å². The van der Waals surface area contributed by atoms with Crippen LogP contribution in [0.5, 0.6) is 0 Å². The van der Waals surface area contributed by atoms with Crippen LogP contribution in [0, 0.1) is 11.8 Å². The smallest absolute Gasteiger partial charge is 0.255 e. The molecule has 0 spiro atoms. The summed E-state index contributed by atoms with van der Waals surface area (Å²) in [7, 11) is 0. The first-order chi connectivity index (χ1) is 11.0. The molecule has 2 aliphatic rings. The highest BCUT2D eigenvalue weighted by Gasteiger charge is 2.38. The van der Waals surface area contributed by atoms with Gasteiger partial charge in [-0.05, 0) is 19.8 Å². The lowest BCUT2D eigenvalue weighted by Gasteiger charge is -2.36. The quantitative estimate of drug-likeness (QED) is 0.719. The maximum absolute atomic E-state index is 12.7. The number of halogens is 2. The van der Waals surface area contributed by atoms with Gasteiger partial charge in [-0.25, -0.2) is 8.78 Å². The highest BCUT2D eigenvalue weighted by atomic mass is 19.3. The van der Waals surface area contributed by atoms with E-state index in [0.717, 1.165) is 4.90 Å². The molecule has 7 heteroatoms. The predicted octanol–water partition coefficient (Wildman–Crippen LogP) is 1.54. The van der Waals surface area contributed by atoms with Crippen molar-refractivity contribution >= 4 is 11.8 Å². The first kappa shape index (κ1) is 17.8. The van der Waals surface area contributed by atoms with E-state index in [1.54, 1.807) is 11.8 Å². The molecule has 2 atom stereocenters. The van der Waals surface area contributed by atoms with E-state index >= 15 is 0 Å². The van der Waals surface area contributed by atoms with E-state index < -0.39 is 24.8 Å². The van der Waals surface area contributed by atoms with E-state index in [0.29, 0.717) is 39.1 Å². The van der Waals surface area contributed by atoms with Gasteiger partial charge in [0, 0.05) is 19.6 Å². The second-order valence-electron chi connectivity index (χ2n) is 5.86. The van der Waals surface area contributed by atoms with Gasteiger partial charge in [-0.3, -0.25) is 9.59 Å². The zero-order chi connectivity index (χ0) is 16.8. The van der Waals surface area contributed by atoms with E-state index in [9.17, 15) is 18.4 Å². The molecule has 1 heterocycles. The Morgan fingerprint density at radius 3 is 2.39 bits per heavy atom. The van der Waals surface area contributed by atoms with Crippen LogP contribution >= 0.6 is 0 Å². The topological polar surface area (TPSA) is 49.9 Å². The maximum atomic E-state index is 12.7. The number of allylic oxidation sites excluding steroid dienone is 2. The van der Waals surface area contributed by atoms with Crippen molar-refractivity contribution in [3.05, 3.63) is 12.2 Å². The molecule has 5 nitrogen and oxygen atoms in total. The molecule has 0 bridgehead atoms. The number of alkyl halides is 2. The van der Waals surface area contributed by atoms with Crippen LogP contribution < -0.4 is 0 Å². The fraction of sp³-hybridized carbons (Fsp3) is 0.750. The van der Waals surface area contributed by atoms with Gasteiger partial charge >= 0.3 is 0 Å². The Morgan fingerprint density at radius 2 is 1.83 bits per heavy atom. The number of carbonyl (C=O) groups excluding carboxylic acids is 2. The third kappa shape index (κ3) is 4.50. The predicted molar refractivity (Wildman–Crippen MR) is 81.0 cm³/mol. The van der Waals surface area contributed by atoms with Crippen LogP contribution in [0.4, 0.5) is 8.78 Å². The molecule has 0 aromatic rings. The molecule has 1 fully saturated rings. The van der Waals surface area contributed by atoms with Crippen molar-refractivity contribution in [3.8, 4) is 0 Å². The molecule has 0 aromatic carbocycles. The average Bonchev–Trinajstić information content (AvgIpc) is 2.59. The van der Waals surface area contributed by atoms with Crippen molar-refractivity contribution in [2.45, 2.75) is 26.2 Å². The Hall–Kier alpha value is -1.50. The van der Waals surface area contributed by atoms with E-state index in [2.05, 4.69) is 0 Å². The molecule has 2 amide bonds. The fourth-order valence-electron chi connectivity index (χ4n) is 3.15. The van der Waals surface area contributed by atoms with Gasteiger partial charge in [-0.1, -0.05) is 12.2 Å². The minimum absolute atomic E-state index is 0.0656. The number of carbonyl (C=O) groups is 2. The molecule has 1 saturated heterocycles. The molecule has 0 N–H and O–H groups in total. The number of hydrogen-bond acceptors (Lipinski definition) is 3. The zero-order valence-corrected chi connectivity index (χ0v) is 13.4. The highest BCUT2D eigenvalue weighted by molar-refractivity contribution is 5.88. The summed E-state index contributed by atoms with van der Waals surface area (Å²) in [5, 5.41) is 0. The Bertz CT molecular complexity index is 451. The molecule has 0 aromatic heterocycles. The van der Waals surface area contributed by atoms with Crippen LogP contribution in [0.3, 0.4) is 0 Å². The van der Waals surface area contributed by atoms with Gasteiger partial charge in [0.25, 0.3) is 6.43 Å². The Kier molecular flexibility index (Phi) is 6.50. The molecule has 0 saturated carbocycles. The Labute approximate surface area is 135 Å². The number of amides is 2. The molecule has 1 aliphatic heterocycles. The van der Waals surface area contributed by atoms with Crippen LogP contribution in [0.2, 0.25) is 0 Å². The summed E-state index contributed by atoms with van der Waals surface area (Å²) in [6.07, 6.45) is 2.11. The van der Waals surface area contributed by atoms with Gasteiger partial charge in [0.2, 0.25) is 11.8 Å². The first-order valence-electron chi connectivity index (χ1n) is 8.13. The van der Waals surface area contributed by atoms with Crippen molar-refractivity contribution in [3.63, 3.8) is 0 Å². The number of nitrogens with zero attached hydrogens (tertiary/aromatic N) is 2. The van der Waals surface area contributed by atoms with Gasteiger partial charge in [0.1, 0.15) is 0 Å². The number of hydrogen-bond donors (Lipinski definition) is 0. The summed E-state index contributed by atoms with van der Waals surface area (Å²) < 4.78 is 30.5. The van der Waals surface area contributed by atoms with Crippen molar-refractivity contribution in [1.82, 2.24) is 9.80 Å². The molecular weight excluding hydrogens is 306 g/mol. The largest absolute Gasteiger partial charge is 0.378 e. The van der Waals surface area contributed by atoms with Crippen molar-refractivity contribution in [2.24, 2.45) is 11.8 Å². The van der Waals surface area contributed by atoms with E-state index in [1.807, 2.05) is 12.2 Å². The standard InChI is InChI=1S/C16H24F2N2O3/c1-2-19(11-14(17)18)15(21)12-5-3-4-6-13(12)16(22)20-7-9-23-10-8-20/h3-4,12-14H,2,5-11H2,1H3/t12-,13-/m1/s1. The lowest BCUT2D eigenvalue weighted by Crippen LogP contribution is -2.49. The van der Waals surface area contributed by atoms with Gasteiger partial charge < -0.3 is 14.5 Å². The number of morpholine rings is 1. The summed E-state index contributed by atoms with van der Waals surface area (Å²) in [6, 6.07) is 0. The lowest BCUT2D eigenvalue weighted by atomic mass is 9.81. The lowest BCUT2D eigenvalue weighted by molar-refractivity contribution is -0.149. The summed E-state index contributed by atoms with van der Waals surface area (Å²) in [6.45, 7) is 3.37. The van der Waals surface area contributed by atoms with Gasteiger partial charge in [0.15, 0.2) is 0 Å². The second kappa shape index (κ2) is 8.38. The summed E-state index contributed by atoms with van der Waals surface area (Å²) in [4.78, 5) is 28.2. The zero-order valence-electron chi connectivity index (χ0n) is 13.4. The van der Waals surface area contributed by atoms with E-state index in [1.165, 1.54) is 0 Å². The van der Waals surface area contributed by atoms with Crippen molar-refractivity contribution < 1.29 is 23.1 Å². The third-order valence-corrected chi connectivity index (χ3v) is 4.44. The summed E-state index contributed by atoms with van der Waals surface area (Å²) >= 11 is 0. The molecule has 0 radical (unpaired) electrons.